The zero-order valence-corrected chi connectivity index (χ0v) is 14.7. The van der Waals surface area contributed by atoms with Crippen molar-refractivity contribution in [1.82, 2.24) is 5.32 Å². The van der Waals surface area contributed by atoms with E-state index in [2.05, 4.69) is 21.2 Å². The number of nitrogens with one attached hydrogen (secondary N) is 1. The minimum absolute atomic E-state index is 0.108. The lowest BCUT2D eigenvalue weighted by Crippen LogP contribution is -2.35. The molecule has 0 aliphatic heterocycles. The lowest BCUT2D eigenvalue weighted by Gasteiger charge is -2.22. The zero-order valence-electron chi connectivity index (χ0n) is 12.3. The second-order valence-electron chi connectivity index (χ2n) is 4.90. The van der Waals surface area contributed by atoms with Crippen molar-refractivity contribution in [2.45, 2.75) is 18.2 Å². The van der Waals surface area contributed by atoms with Gasteiger partial charge in [0.25, 0.3) is 0 Å². The third-order valence-electron chi connectivity index (χ3n) is 3.42. The maximum atomic E-state index is 14.3. The summed E-state index contributed by atoms with van der Waals surface area (Å²) in [5.41, 5.74) is 1.31. The number of hydrogen-bond donors (Lipinski definition) is 1. The van der Waals surface area contributed by atoms with E-state index in [9.17, 15) is 9.18 Å². The molecule has 116 valence electrons. The molecule has 0 aliphatic rings. The summed E-state index contributed by atoms with van der Waals surface area (Å²) in [4.78, 5) is 12.2. The van der Waals surface area contributed by atoms with E-state index in [1.54, 1.807) is 12.1 Å². The summed E-state index contributed by atoms with van der Waals surface area (Å²) in [6, 6.07) is 13.8. The van der Waals surface area contributed by atoms with E-state index in [0.717, 1.165) is 5.56 Å². The normalized spacial score (nSPS) is 13.5. The lowest BCUT2D eigenvalue weighted by atomic mass is 9.98. The Kier molecular flexibility index (Phi) is 6.03. The molecule has 22 heavy (non-hydrogen) atoms. The molecule has 0 saturated heterocycles. The molecule has 2 aromatic carbocycles. The van der Waals surface area contributed by atoms with Gasteiger partial charge in [0, 0.05) is 10.0 Å². The van der Waals surface area contributed by atoms with Crippen LogP contribution in [0.25, 0.3) is 0 Å². The minimum Gasteiger partial charge on any atom is -0.344 e. The molecule has 2 atom stereocenters. The second kappa shape index (κ2) is 7.79. The van der Waals surface area contributed by atoms with Crippen LogP contribution in [0.1, 0.15) is 24.1 Å². The quantitative estimate of drug-likeness (QED) is 0.823. The van der Waals surface area contributed by atoms with Gasteiger partial charge in [-0.3, -0.25) is 4.79 Å². The molecule has 1 amide bonds. The number of hydrogen-bond acceptors (Lipinski definition) is 2. The Morgan fingerprint density at radius 2 is 1.91 bits per heavy atom. The highest BCUT2D eigenvalue weighted by Gasteiger charge is 2.22. The van der Waals surface area contributed by atoms with Crippen LogP contribution in [0.15, 0.2) is 53.0 Å². The molecule has 0 heterocycles. The van der Waals surface area contributed by atoms with Gasteiger partial charge in [0.1, 0.15) is 5.82 Å². The summed E-state index contributed by atoms with van der Waals surface area (Å²) in [5.74, 6) is -0.455. The first-order valence-corrected chi connectivity index (χ1v) is 8.94. The Balaban J connectivity index is 2.40. The van der Waals surface area contributed by atoms with Crippen LogP contribution in [-0.4, -0.2) is 17.4 Å². The highest BCUT2D eigenvalue weighted by atomic mass is 79.9. The number of carbonyl (C=O) groups is 1. The zero-order chi connectivity index (χ0) is 16.1. The average molecular weight is 382 g/mol. The van der Waals surface area contributed by atoms with Gasteiger partial charge in [-0.05, 0) is 30.9 Å². The third kappa shape index (κ3) is 4.11. The monoisotopic (exact) mass is 381 g/mol. The fraction of sp³-hybridized carbons (Fsp3) is 0.235. The molecule has 2 aromatic rings. The summed E-state index contributed by atoms with van der Waals surface area (Å²) >= 11 is 4.71. The first-order valence-electron chi connectivity index (χ1n) is 6.86. The molecule has 5 heteroatoms. The van der Waals surface area contributed by atoms with E-state index in [1.807, 2.05) is 43.5 Å². The van der Waals surface area contributed by atoms with Gasteiger partial charge in [-0.1, -0.05) is 52.3 Å². The van der Waals surface area contributed by atoms with Crippen LogP contribution in [0, 0.1) is 5.82 Å². The fourth-order valence-corrected chi connectivity index (χ4v) is 2.70. The van der Waals surface area contributed by atoms with Crippen molar-refractivity contribution >= 4 is 33.6 Å². The van der Waals surface area contributed by atoms with E-state index in [-0.39, 0.29) is 17.0 Å². The van der Waals surface area contributed by atoms with Gasteiger partial charge in [-0.15, -0.1) is 0 Å². The largest absolute Gasteiger partial charge is 0.344 e. The number of halogens is 2. The summed E-state index contributed by atoms with van der Waals surface area (Å²) in [6.45, 7) is 1.83. The van der Waals surface area contributed by atoms with Crippen molar-refractivity contribution in [3.63, 3.8) is 0 Å². The number of benzene rings is 2. The Morgan fingerprint density at radius 1 is 1.23 bits per heavy atom. The number of amides is 1. The molecular formula is C17H17BrFNOS. The Bertz CT molecular complexity index is 650. The van der Waals surface area contributed by atoms with Gasteiger partial charge in [-0.25, -0.2) is 4.39 Å². The average Bonchev–Trinajstić information content (AvgIpc) is 2.53. The van der Waals surface area contributed by atoms with Crippen LogP contribution in [0.5, 0.6) is 0 Å². The van der Waals surface area contributed by atoms with Crippen molar-refractivity contribution < 1.29 is 9.18 Å². The summed E-state index contributed by atoms with van der Waals surface area (Å²) in [6.07, 6.45) is 1.88. The highest BCUT2D eigenvalue weighted by Crippen LogP contribution is 2.27. The maximum absolute atomic E-state index is 14.3. The van der Waals surface area contributed by atoms with Crippen LogP contribution in [0.3, 0.4) is 0 Å². The van der Waals surface area contributed by atoms with Crippen molar-refractivity contribution in [3.8, 4) is 0 Å². The molecule has 2 rings (SSSR count). The topological polar surface area (TPSA) is 29.1 Å². The highest BCUT2D eigenvalue weighted by molar-refractivity contribution is 9.10. The Labute approximate surface area is 142 Å². The van der Waals surface area contributed by atoms with Crippen LogP contribution < -0.4 is 5.32 Å². The van der Waals surface area contributed by atoms with Gasteiger partial charge in [0.05, 0.1) is 11.3 Å². The molecule has 2 unspecified atom stereocenters. The van der Waals surface area contributed by atoms with Gasteiger partial charge in [0.15, 0.2) is 0 Å². The number of thioether (sulfide) groups is 1. The van der Waals surface area contributed by atoms with Crippen LogP contribution >= 0.6 is 27.7 Å². The van der Waals surface area contributed by atoms with Crippen LogP contribution in [-0.2, 0) is 4.79 Å². The first kappa shape index (κ1) is 17.0. The lowest BCUT2D eigenvalue weighted by molar-refractivity contribution is -0.120. The Hall–Kier alpha value is -1.33. The van der Waals surface area contributed by atoms with Crippen molar-refractivity contribution in [3.05, 3.63) is 69.9 Å². The first-order chi connectivity index (χ1) is 10.5. The van der Waals surface area contributed by atoms with Gasteiger partial charge in [0.2, 0.25) is 5.91 Å². The van der Waals surface area contributed by atoms with E-state index >= 15 is 0 Å². The smallest absolute Gasteiger partial charge is 0.233 e. The third-order valence-corrected chi connectivity index (χ3v) is 4.83. The molecule has 0 radical (unpaired) electrons. The molecule has 0 bridgehead atoms. The minimum atomic E-state index is -0.503. The molecule has 0 aliphatic carbocycles. The molecule has 0 aromatic heterocycles. The van der Waals surface area contributed by atoms with Crippen molar-refractivity contribution in [2.75, 3.05) is 6.26 Å². The predicted molar refractivity (Wildman–Crippen MR) is 93.5 cm³/mol. The van der Waals surface area contributed by atoms with Crippen molar-refractivity contribution in [1.29, 1.82) is 0 Å². The fourth-order valence-electron chi connectivity index (χ4n) is 2.09. The molecule has 1 N–H and O–H groups in total. The van der Waals surface area contributed by atoms with Gasteiger partial charge in [-0.2, -0.15) is 11.8 Å². The molecule has 2 nitrogen and oxygen atoms in total. The van der Waals surface area contributed by atoms with E-state index < -0.39 is 6.04 Å². The van der Waals surface area contributed by atoms with E-state index in [4.69, 9.17) is 0 Å². The predicted octanol–water partition coefficient (Wildman–Crippen LogP) is 4.55. The molecule has 0 spiro atoms. The summed E-state index contributed by atoms with van der Waals surface area (Å²) in [7, 11) is 0. The van der Waals surface area contributed by atoms with E-state index in [0.29, 0.717) is 10.0 Å². The Morgan fingerprint density at radius 3 is 2.50 bits per heavy atom. The SMILES string of the molecule is CSC(C)C(=O)NC(c1ccccc1)c1ccc(Br)cc1F. The van der Waals surface area contributed by atoms with E-state index in [1.165, 1.54) is 17.8 Å². The molecular weight excluding hydrogens is 365 g/mol. The summed E-state index contributed by atoms with van der Waals surface area (Å²) < 4.78 is 15.0. The van der Waals surface area contributed by atoms with Crippen LogP contribution in [0.4, 0.5) is 4.39 Å². The van der Waals surface area contributed by atoms with Gasteiger partial charge < -0.3 is 5.32 Å². The maximum Gasteiger partial charge on any atom is 0.233 e. The number of carbonyl (C=O) groups excluding carboxylic acids is 1. The van der Waals surface area contributed by atoms with Crippen molar-refractivity contribution in [2.24, 2.45) is 0 Å². The molecule has 0 fully saturated rings. The molecule has 0 saturated carbocycles. The van der Waals surface area contributed by atoms with Gasteiger partial charge >= 0.3 is 0 Å². The van der Waals surface area contributed by atoms with Crippen LogP contribution in [0.2, 0.25) is 0 Å². The second-order valence-corrected chi connectivity index (χ2v) is 6.99. The summed E-state index contributed by atoms with van der Waals surface area (Å²) in [5, 5.41) is 2.76. The number of rotatable bonds is 5. The standard InChI is InChI=1S/C17H17BrFNOS/c1-11(22-2)17(21)20-16(12-6-4-3-5-7-12)14-9-8-13(18)10-15(14)19/h3-11,16H,1-2H3,(H,20,21).